The Hall–Kier alpha value is -1.11. The summed E-state index contributed by atoms with van der Waals surface area (Å²) in [7, 11) is -3.54. The van der Waals surface area contributed by atoms with Gasteiger partial charge in [0.15, 0.2) is 0 Å². The molecule has 1 aromatic rings. The van der Waals surface area contributed by atoms with Crippen LogP contribution in [0.4, 0.5) is 5.69 Å². The Balaban J connectivity index is 2.12. The van der Waals surface area contributed by atoms with Gasteiger partial charge in [0.25, 0.3) is 0 Å². The predicted octanol–water partition coefficient (Wildman–Crippen LogP) is 1.34. The molecule has 1 heterocycles. The first-order chi connectivity index (χ1) is 9.44. The van der Waals surface area contributed by atoms with Crippen LogP contribution in [0.15, 0.2) is 23.1 Å². The molecule has 112 valence electrons. The summed E-state index contributed by atoms with van der Waals surface area (Å²) in [5.74, 6) is 0. The number of nitrogens with zero attached hydrogens (tertiary/aromatic N) is 1. The van der Waals surface area contributed by atoms with Gasteiger partial charge in [-0.3, -0.25) is 0 Å². The minimum absolute atomic E-state index is 0.00167. The number of nitrogens with two attached hydrogens (primary N) is 1. The van der Waals surface area contributed by atoms with Crippen molar-refractivity contribution in [2.45, 2.75) is 37.6 Å². The van der Waals surface area contributed by atoms with E-state index in [9.17, 15) is 8.42 Å². The fourth-order valence-electron chi connectivity index (χ4n) is 2.69. The monoisotopic (exact) mass is 297 g/mol. The number of anilines is 1. The molecule has 0 amide bonds. The zero-order valence-corrected chi connectivity index (χ0v) is 12.9. The number of benzene rings is 1. The van der Waals surface area contributed by atoms with Crippen LogP contribution in [0.25, 0.3) is 0 Å². The Labute approximate surface area is 121 Å². The maximum Gasteiger partial charge on any atom is 0.243 e. The van der Waals surface area contributed by atoms with Crippen molar-refractivity contribution in [1.29, 1.82) is 0 Å². The largest absolute Gasteiger partial charge is 0.398 e. The third-order valence-electron chi connectivity index (χ3n) is 3.87. The van der Waals surface area contributed by atoms with Gasteiger partial charge >= 0.3 is 0 Å². The maximum absolute atomic E-state index is 12.5. The SMILES string of the molecule is CCN1CCC(NS(=O)(=O)c2c(C)cccc2N)CC1. The number of piperidine rings is 1. The van der Waals surface area contributed by atoms with Gasteiger partial charge in [0, 0.05) is 6.04 Å². The quantitative estimate of drug-likeness (QED) is 0.822. The summed E-state index contributed by atoms with van der Waals surface area (Å²) in [5.41, 5.74) is 6.82. The van der Waals surface area contributed by atoms with Crippen LogP contribution >= 0.6 is 0 Å². The Morgan fingerprint density at radius 2 is 2.00 bits per heavy atom. The van der Waals surface area contributed by atoms with Crippen molar-refractivity contribution in [3.05, 3.63) is 23.8 Å². The van der Waals surface area contributed by atoms with Crippen LogP contribution in [-0.4, -0.2) is 39.0 Å². The van der Waals surface area contributed by atoms with Crippen LogP contribution in [0, 0.1) is 6.92 Å². The lowest BCUT2D eigenvalue weighted by Gasteiger charge is -2.31. The highest BCUT2D eigenvalue weighted by Crippen LogP contribution is 2.23. The number of hydrogen-bond donors (Lipinski definition) is 2. The maximum atomic E-state index is 12.5. The fraction of sp³-hybridized carbons (Fsp3) is 0.571. The fourth-order valence-corrected chi connectivity index (χ4v) is 4.35. The van der Waals surface area contributed by atoms with Crippen LogP contribution in [0.1, 0.15) is 25.3 Å². The molecule has 1 fully saturated rings. The van der Waals surface area contributed by atoms with Gasteiger partial charge < -0.3 is 10.6 Å². The van der Waals surface area contributed by atoms with E-state index in [1.54, 1.807) is 25.1 Å². The molecule has 3 N–H and O–H groups in total. The summed E-state index contributed by atoms with van der Waals surface area (Å²) in [5, 5.41) is 0. The molecule has 0 aromatic heterocycles. The second kappa shape index (κ2) is 6.11. The van der Waals surface area contributed by atoms with Gasteiger partial charge in [-0.25, -0.2) is 13.1 Å². The van der Waals surface area contributed by atoms with Crippen LogP contribution in [-0.2, 0) is 10.0 Å². The molecular formula is C14H23N3O2S. The summed E-state index contributed by atoms with van der Waals surface area (Å²) in [6.07, 6.45) is 1.69. The molecule has 1 aliphatic heterocycles. The summed E-state index contributed by atoms with van der Waals surface area (Å²) in [6, 6.07) is 5.16. The summed E-state index contributed by atoms with van der Waals surface area (Å²) >= 11 is 0. The van der Waals surface area contributed by atoms with E-state index < -0.39 is 10.0 Å². The van der Waals surface area contributed by atoms with E-state index >= 15 is 0 Å². The number of rotatable bonds is 4. The van der Waals surface area contributed by atoms with Gasteiger partial charge in [0.05, 0.1) is 5.69 Å². The van der Waals surface area contributed by atoms with E-state index in [2.05, 4.69) is 16.5 Å². The molecule has 20 heavy (non-hydrogen) atoms. The van der Waals surface area contributed by atoms with Gasteiger partial charge in [0.2, 0.25) is 10.0 Å². The van der Waals surface area contributed by atoms with Crippen molar-refractivity contribution in [2.75, 3.05) is 25.4 Å². The Morgan fingerprint density at radius 3 is 2.55 bits per heavy atom. The first kappa shape index (κ1) is 15.3. The van der Waals surface area contributed by atoms with Crippen LogP contribution in [0.5, 0.6) is 0 Å². The summed E-state index contributed by atoms with van der Waals surface area (Å²) in [4.78, 5) is 2.55. The highest BCUT2D eigenvalue weighted by molar-refractivity contribution is 7.89. The van der Waals surface area contributed by atoms with E-state index in [-0.39, 0.29) is 10.9 Å². The third-order valence-corrected chi connectivity index (χ3v) is 5.61. The lowest BCUT2D eigenvalue weighted by Crippen LogP contribution is -2.44. The first-order valence-corrected chi connectivity index (χ1v) is 8.52. The Kier molecular flexibility index (Phi) is 4.67. The summed E-state index contributed by atoms with van der Waals surface area (Å²) in [6.45, 7) is 6.78. The second-order valence-corrected chi connectivity index (χ2v) is 6.97. The molecule has 0 atom stereocenters. The second-order valence-electron chi connectivity index (χ2n) is 5.32. The molecule has 1 aromatic carbocycles. The number of likely N-dealkylation sites (tertiary alicyclic amines) is 1. The molecule has 6 heteroatoms. The van der Waals surface area contributed by atoms with E-state index in [4.69, 9.17) is 5.73 Å². The molecule has 0 radical (unpaired) electrons. The zero-order chi connectivity index (χ0) is 14.8. The van der Waals surface area contributed by atoms with E-state index in [1.807, 2.05) is 0 Å². The first-order valence-electron chi connectivity index (χ1n) is 7.04. The van der Waals surface area contributed by atoms with Crippen LogP contribution in [0.2, 0.25) is 0 Å². The molecule has 0 spiro atoms. The minimum Gasteiger partial charge on any atom is -0.398 e. The van der Waals surface area contributed by atoms with Gasteiger partial charge in [-0.15, -0.1) is 0 Å². The molecule has 0 unspecified atom stereocenters. The van der Waals surface area contributed by atoms with Crippen molar-refractivity contribution in [3.63, 3.8) is 0 Å². The van der Waals surface area contributed by atoms with Crippen LogP contribution < -0.4 is 10.5 Å². The van der Waals surface area contributed by atoms with Crippen molar-refractivity contribution < 1.29 is 8.42 Å². The minimum atomic E-state index is -3.54. The number of hydrogen-bond acceptors (Lipinski definition) is 4. The van der Waals surface area contributed by atoms with E-state index in [1.165, 1.54) is 0 Å². The van der Waals surface area contributed by atoms with Gasteiger partial charge in [-0.1, -0.05) is 19.1 Å². The average molecular weight is 297 g/mol. The summed E-state index contributed by atoms with van der Waals surface area (Å²) < 4.78 is 27.8. The van der Waals surface area contributed by atoms with E-state index in [0.717, 1.165) is 32.5 Å². The van der Waals surface area contributed by atoms with Gasteiger partial charge in [0.1, 0.15) is 4.90 Å². The molecule has 0 aliphatic carbocycles. The van der Waals surface area contributed by atoms with Crippen molar-refractivity contribution in [3.8, 4) is 0 Å². The average Bonchev–Trinajstić information content (AvgIpc) is 2.38. The lowest BCUT2D eigenvalue weighted by atomic mass is 10.1. The van der Waals surface area contributed by atoms with Crippen molar-refractivity contribution in [1.82, 2.24) is 9.62 Å². The molecule has 5 nitrogen and oxygen atoms in total. The lowest BCUT2D eigenvalue weighted by molar-refractivity contribution is 0.217. The molecule has 1 aliphatic rings. The molecule has 2 rings (SSSR count). The van der Waals surface area contributed by atoms with Gasteiger partial charge in [-0.2, -0.15) is 0 Å². The molecular weight excluding hydrogens is 274 g/mol. The van der Waals surface area contributed by atoms with Crippen molar-refractivity contribution in [2.24, 2.45) is 0 Å². The predicted molar refractivity (Wildman–Crippen MR) is 81.0 cm³/mol. The topological polar surface area (TPSA) is 75.4 Å². The number of aryl methyl sites for hydroxylation is 1. The number of nitrogen functional groups attached to an aromatic ring is 1. The highest BCUT2D eigenvalue weighted by atomic mass is 32.2. The molecule has 0 saturated carbocycles. The Morgan fingerprint density at radius 1 is 1.35 bits per heavy atom. The third kappa shape index (κ3) is 3.31. The van der Waals surface area contributed by atoms with Crippen molar-refractivity contribution >= 4 is 15.7 Å². The normalized spacial score (nSPS) is 18.3. The van der Waals surface area contributed by atoms with Gasteiger partial charge in [-0.05, 0) is 51.0 Å². The zero-order valence-electron chi connectivity index (χ0n) is 12.1. The molecule has 0 bridgehead atoms. The molecule has 1 saturated heterocycles. The standard InChI is InChI=1S/C14H23N3O2S/c1-3-17-9-7-12(8-10-17)16-20(18,19)14-11(2)5-4-6-13(14)15/h4-6,12,16H,3,7-10,15H2,1-2H3. The number of sulfonamides is 1. The Bertz CT molecular complexity index is 544. The number of nitrogens with one attached hydrogen (secondary N) is 1. The smallest absolute Gasteiger partial charge is 0.243 e. The highest BCUT2D eigenvalue weighted by Gasteiger charge is 2.26. The van der Waals surface area contributed by atoms with E-state index in [0.29, 0.717) is 11.3 Å². The van der Waals surface area contributed by atoms with Crippen LogP contribution in [0.3, 0.4) is 0 Å².